The Morgan fingerprint density at radius 1 is 0.844 bits per heavy atom. The fourth-order valence-corrected chi connectivity index (χ4v) is 4.74. The molecule has 3 aromatic carbocycles. The predicted molar refractivity (Wildman–Crippen MR) is 118 cm³/mol. The first-order chi connectivity index (χ1) is 15.3. The number of carbonyl (C=O) groups excluding carboxylic acids is 3. The van der Waals surface area contributed by atoms with Crippen LogP contribution in [0, 0.1) is 17.7 Å². The summed E-state index contributed by atoms with van der Waals surface area (Å²) in [4.78, 5) is 40.3. The van der Waals surface area contributed by atoms with Crippen LogP contribution in [0.15, 0.2) is 84.9 Å². The first kappa shape index (κ1) is 21.8. The zero-order valence-corrected chi connectivity index (χ0v) is 17.6. The molecule has 1 aliphatic rings. The largest absolute Gasteiger partial charge is 0.389 e. The molecule has 0 bridgehead atoms. The Kier molecular flexibility index (Phi) is 5.85. The summed E-state index contributed by atoms with van der Waals surface area (Å²) in [5.41, 5.74) is -0.477. The van der Waals surface area contributed by atoms with Crippen molar-refractivity contribution in [1.29, 1.82) is 0 Å². The molecule has 4 atom stereocenters. The maximum atomic E-state index is 13.7. The number of ketones is 3. The molecule has 3 aromatic rings. The smallest absolute Gasteiger partial charge is 0.173 e. The lowest BCUT2D eigenvalue weighted by molar-refractivity contribution is -0.134. The maximum Gasteiger partial charge on any atom is 0.173 e. The highest BCUT2D eigenvalue weighted by molar-refractivity contribution is 6.13. The normalized spacial score (nSPS) is 25.3. The van der Waals surface area contributed by atoms with Crippen molar-refractivity contribution in [1.82, 2.24) is 0 Å². The van der Waals surface area contributed by atoms with Gasteiger partial charge in [-0.15, -0.1) is 0 Å². The van der Waals surface area contributed by atoms with E-state index >= 15 is 0 Å². The molecular formula is C27H23FO4. The lowest BCUT2D eigenvalue weighted by Gasteiger charge is -2.45. The standard InChI is InChI=1S/C27H23FO4/c1-27(32)16-21(29)23(25(30)18-8-4-2-5-9-18)22(17-12-14-20(28)15-13-17)24(27)26(31)19-10-6-3-7-11-19/h2-15,22-24,32H,16H2,1H3/t22-,23-,24-,27-/m0/s1. The van der Waals surface area contributed by atoms with Crippen LogP contribution in [0.4, 0.5) is 4.39 Å². The van der Waals surface area contributed by atoms with Crippen molar-refractivity contribution in [2.45, 2.75) is 24.9 Å². The van der Waals surface area contributed by atoms with E-state index in [1.54, 1.807) is 60.7 Å². The third kappa shape index (κ3) is 4.04. The van der Waals surface area contributed by atoms with E-state index in [1.807, 2.05) is 0 Å². The Morgan fingerprint density at radius 3 is 1.88 bits per heavy atom. The van der Waals surface area contributed by atoms with Gasteiger partial charge in [0.15, 0.2) is 11.6 Å². The van der Waals surface area contributed by atoms with Gasteiger partial charge in [-0.05, 0) is 24.6 Å². The molecule has 0 amide bonds. The highest BCUT2D eigenvalue weighted by atomic mass is 19.1. The second-order valence-electron chi connectivity index (χ2n) is 8.49. The molecule has 5 heteroatoms. The zero-order chi connectivity index (χ0) is 22.9. The topological polar surface area (TPSA) is 71.4 Å². The third-order valence-corrected chi connectivity index (χ3v) is 6.20. The van der Waals surface area contributed by atoms with E-state index < -0.39 is 40.7 Å². The lowest BCUT2D eigenvalue weighted by atomic mass is 9.58. The van der Waals surface area contributed by atoms with Crippen molar-refractivity contribution in [2.75, 3.05) is 0 Å². The van der Waals surface area contributed by atoms with E-state index in [0.29, 0.717) is 16.7 Å². The SMILES string of the molecule is C[C@]1(O)CC(=O)[C@H](C(=O)c2ccccc2)[C@H](c2ccc(F)cc2)[C@H]1C(=O)c1ccccc1. The van der Waals surface area contributed by atoms with Gasteiger partial charge in [0, 0.05) is 23.5 Å². The molecule has 1 saturated carbocycles. The predicted octanol–water partition coefficient (Wildman–Crippen LogP) is 4.63. The van der Waals surface area contributed by atoms with Crippen molar-refractivity contribution >= 4 is 17.3 Å². The molecule has 0 aromatic heterocycles. The summed E-state index contributed by atoms with van der Waals surface area (Å²) in [6.07, 6.45) is -0.322. The van der Waals surface area contributed by atoms with Crippen molar-refractivity contribution in [3.63, 3.8) is 0 Å². The van der Waals surface area contributed by atoms with E-state index in [2.05, 4.69) is 0 Å². The monoisotopic (exact) mass is 430 g/mol. The summed E-state index contributed by atoms with van der Waals surface area (Å²) in [6.45, 7) is 1.45. The maximum absolute atomic E-state index is 13.7. The van der Waals surface area contributed by atoms with Gasteiger partial charge in [-0.25, -0.2) is 4.39 Å². The van der Waals surface area contributed by atoms with Gasteiger partial charge in [0.2, 0.25) is 0 Å². The van der Waals surface area contributed by atoms with E-state index in [4.69, 9.17) is 0 Å². The molecular weight excluding hydrogens is 407 g/mol. The Balaban J connectivity index is 1.89. The van der Waals surface area contributed by atoms with Crippen LogP contribution >= 0.6 is 0 Å². The third-order valence-electron chi connectivity index (χ3n) is 6.20. The van der Waals surface area contributed by atoms with E-state index in [1.165, 1.54) is 31.2 Å². The molecule has 0 spiro atoms. The van der Waals surface area contributed by atoms with Crippen LogP contribution < -0.4 is 0 Å². The average molecular weight is 430 g/mol. The number of benzene rings is 3. The minimum absolute atomic E-state index is 0.322. The van der Waals surface area contributed by atoms with Crippen LogP contribution in [0.2, 0.25) is 0 Å². The lowest BCUT2D eigenvalue weighted by Crippen LogP contribution is -2.54. The fraction of sp³-hybridized carbons (Fsp3) is 0.222. The Bertz CT molecular complexity index is 1140. The van der Waals surface area contributed by atoms with Crippen molar-refractivity contribution < 1.29 is 23.9 Å². The number of halogens is 1. The van der Waals surface area contributed by atoms with Gasteiger partial charge < -0.3 is 5.11 Å². The van der Waals surface area contributed by atoms with Crippen molar-refractivity contribution in [3.05, 3.63) is 107 Å². The molecule has 1 fully saturated rings. The number of carbonyl (C=O) groups is 3. The number of hydrogen-bond donors (Lipinski definition) is 1. The van der Waals surface area contributed by atoms with Gasteiger partial charge in [0.1, 0.15) is 11.6 Å². The summed E-state index contributed by atoms with van der Waals surface area (Å²) in [5, 5.41) is 11.3. The van der Waals surface area contributed by atoms with Crippen LogP contribution in [0.5, 0.6) is 0 Å². The first-order valence-electron chi connectivity index (χ1n) is 10.5. The minimum Gasteiger partial charge on any atom is -0.389 e. The van der Waals surface area contributed by atoms with E-state index in [9.17, 15) is 23.9 Å². The molecule has 0 saturated heterocycles. The van der Waals surface area contributed by atoms with E-state index in [0.717, 1.165) is 0 Å². The molecule has 0 radical (unpaired) electrons. The zero-order valence-electron chi connectivity index (χ0n) is 17.6. The van der Waals surface area contributed by atoms with Crippen molar-refractivity contribution in [3.8, 4) is 0 Å². The molecule has 0 unspecified atom stereocenters. The summed E-state index contributed by atoms with van der Waals surface area (Å²) < 4.78 is 13.7. The Labute approximate surface area is 185 Å². The van der Waals surface area contributed by atoms with Crippen LogP contribution in [-0.2, 0) is 4.79 Å². The van der Waals surface area contributed by atoms with Gasteiger partial charge in [0.25, 0.3) is 0 Å². The van der Waals surface area contributed by atoms with Gasteiger partial charge in [-0.3, -0.25) is 14.4 Å². The molecule has 0 heterocycles. The highest BCUT2D eigenvalue weighted by Gasteiger charge is 2.55. The molecule has 4 nitrogen and oxygen atoms in total. The number of aliphatic hydroxyl groups is 1. The Hall–Kier alpha value is -3.44. The van der Waals surface area contributed by atoms with Gasteiger partial charge >= 0.3 is 0 Å². The van der Waals surface area contributed by atoms with Crippen LogP contribution in [-0.4, -0.2) is 28.1 Å². The molecule has 4 rings (SSSR count). The fourth-order valence-electron chi connectivity index (χ4n) is 4.74. The summed E-state index contributed by atoms with van der Waals surface area (Å²) in [7, 11) is 0. The Morgan fingerprint density at radius 2 is 1.34 bits per heavy atom. The molecule has 162 valence electrons. The van der Waals surface area contributed by atoms with Gasteiger partial charge in [-0.1, -0.05) is 72.8 Å². The molecule has 0 aliphatic heterocycles. The highest BCUT2D eigenvalue weighted by Crippen LogP contribution is 2.48. The molecule has 32 heavy (non-hydrogen) atoms. The van der Waals surface area contributed by atoms with Gasteiger partial charge in [0.05, 0.1) is 17.4 Å². The average Bonchev–Trinajstić information content (AvgIpc) is 2.79. The summed E-state index contributed by atoms with van der Waals surface area (Å²) >= 11 is 0. The molecule has 1 N–H and O–H groups in total. The second kappa shape index (κ2) is 8.60. The number of hydrogen-bond acceptors (Lipinski definition) is 4. The van der Waals surface area contributed by atoms with Crippen molar-refractivity contribution in [2.24, 2.45) is 11.8 Å². The number of Topliss-reactive ketones (excluding diaryl/α,β-unsaturated/α-hetero) is 3. The summed E-state index contributed by atoms with van der Waals surface area (Å²) in [6, 6.07) is 22.3. The molecule has 1 aliphatic carbocycles. The van der Waals surface area contributed by atoms with Gasteiger partial charge in [-0.2, -0.15) is 0 Å². The second-order valence-corrected chi connectivity index (χ2v) is 8.49. The van der Waals surface area contributed by atoms with Crippen LogP contribution in [0.25, 0.3) is 0 Å². The van der Waals surface area contributed by atoms with Crippen LogP contribution in [0.1, 0.15) is 45.5 Å². The summed E-state index contributed by atoms with van der Waals surface area (Å²) in [5.74, 6) is -4.84. The quantitative estimate of drug-likeness (QED) is 0.473. The number of rotatable bonds is 5. The van der Waals surface area contributed by atoms with Crippen LogP contribution in [0.3, 0.4) is 0 Å². The van der Waals surface area contributed by atoms with E-state index in [-0.39, 0.29) is 12.2 Å². The minimum atomic E-state index is -1.67. The first-order valence-corrected chi connectivity index (χ1v) is 10.5.